The lowest BCUT2D eigenvalue weighted by Gasteiger charge is -2.22. The first-order valence-corrected chi connectivity index (χ1v) is 6.03. The average molecular weight is 251 g/mol. The van der Waals surface area contributed by atoms with Crippen molar-refractivity contribution >= 4 is 29.3 Å². The average Bonchev–Trinajstić information content (AvgIpc) is 2.29. The zero-order chi connectivity index (χ0) is 12.6. The van der Waals surface area contributed by atoms with E-state index in [1.54, 1.807) is 12.1 Å². The summed E-state index contributed by atoms with van der Waals surface area (Å²) in [5.41, 5.74) is 12.1. The monoisotopic (exact) mass is 251 g/mol. The molecule has 90 valence electrons. The van der Waals surface area contributed by atoms with E-state index in [0.717, 1.165) is 4.90 Å². The molecule has 0 spiro atoms. The van der Waals surface area contributed by atoms with Crippen LogP contribution in [0.15, 0.2) is 23.1 Å². The molecule has 1 heterocycles. The highest BCUT2D eigenvalue weighted by atomic mass is 32.2. The highest BCUT2D eigenvalue weighted by Gasteiger charge is 2.24. The summed E-state index contributed by atoms with van der Waals surface area (Å²) in [6.45, 7) is 1.84. The van der Waals surface area contributed by atoms with Crippen LogP contribution in [-0.4, -0.2) is 17.1 Å². The maximum atomic E-state index is 11.5. The lowest BCUT2D eigenvalue weighted by Crippen LogP contribution is -2.29. The fourth-order valence-electron chi connectivity index (χ4n) is 1.58. The number of nitrogens with one attached hydrogen (secondary N) is 1. The summed E-state index contributed by atoms with van der Waals surface area (Å²) in [4.78, 5) is 23.5. The van der Waals surface area contributed by atoms with Gasteiger partial charge in [-0.3, -0.25) is 9.59 Å². The molecule has 2 atom stereocenters. The third kappa shape index (κ3) is 2.27. The minimum Gasteiger partial charge on any atom is -0.368 e. The predicted molar refractivity (Wildman–Crippen MR) is 66.5 cm³/mol. The molecule has 2 amide bonds. The summed E-state index contributed by atoms with van der Waals surface area (Å²) in [5, 5.41) is 2.66. The molecule has 5 N–H and O–H groups in total. The van der Waals surface area contributed by atoms with E-state index in [-0.39, 0.29) is 11.2 Å². The molecule has 2 rings (SSSR count). The molecule has 0 radical (unpaired) electrons. The number of nitrogens with two attached hydrogens (primary N) is 2. The number of carbonyl (C=O) groups excluding carboxylic acids is 2. The van der Waals surface area contributed by atoms with Crippen LogP contribution < -0.4 is 16.8 Å². The van der Waals surface area contributed by atoms with E-state index in [2.05, 4.69) is 5.32 Å². The quantitative estimate of drug-likeness (QED) is 0.717. The van der Waals surface area contributed by atoms with Gasteiger partial charge in [0.1, 0.15) is 6.04 Å². The van der Waals surface area contributed by atoms with Gasteiger partial charge >= 0.3 is 0 Å². The maximum Gasteiger partial charge on any atom is 0.238 e. The Hall–Kier alpha value is -1.53. The number of benzene rings is 1. The number of primary amides is 1. The Bertz CT molecular complexity index is 490. The molecule has 1 aliphatic heterocycles. The third-order valence-corrected chi connectivity index (χ3v) is 3.78. The van der Waals surface area contributed by atoms with E-state index < -0.39 is 11.9 Å². The molecule has 2 unspecified atom stereocenters. The zero-order valence-corrected chi connectivity index (χ0v) is 10.1. The minimum absolute atomic E-state index is 0.0488. The molecule has 1 aromatic carbocycles. The van der Waals surface area contributed by atoms with Crippen molar-refractivity contribution < 1.29 is 9.59 Å². The number of thioether (sulfide) groups is 1. The summed E-state index contributed by atoms with van der Waals surface area (Å²) in [6.07, 6.45) is 0. The standard InChI is InChI=1S/C11H13N3O2S/c1-5-11(16)14-7-4-6(9(12)10(13)15)2-3-8(7)17-5/h2-5,9H,12H2,1H3,(H2,13,15)(H,14,16). The second-order valence-electron chi connectivity index (χ2n) is 3.88. The van der Waals surface area contributed by atoms with Gasteiger partial charge in [0.05, 0.1) is 10.9 Å². The van der Waals surface area contributed by atoms with E-state index in [1.807, 2.05) is 13.0 Å². The Morgan fingerprint density at radius 2 is 2.24 bits per heavy atom. The van der Waals surface area contributed by atoms with Crippen LogP contribution in [0.2, 0.25) is 0 Å². The molecule has 1 aliphatic rings. The van der Waals surface area contributed by atoms with E-state index in [9.17, 15) is 9.59 Å². The van der Waals surface area contributed by atoms with Crippen LogP contribution in [0.1, 0.15) is 18.5 Å². The van der Waals surface area contributed by atoms with Crippen molar-refractivity contribution in [2.75, 3.05) is 5.32 Å². The minimum atomic E-state index is -0.846. The Morgan fingerprint density at radius 3 is 2.88 bits per heavy atom. The second-order valence-corrected chi connectivity index (χ2v) is 5.27. The van der Waals surface area contributed by atoms with Crippen LogP contribution in [0.25, 0.3) is 0 Å². The highest BCUT2D eigenvalue weighted by molar-refractivity contribution is 8.00. The number of amides is 2. The summed E-state index contributed by atoms with van der Waals surface area (Å²) < 4.78 is 0. The number of rotatable bonds is 2. The van der Waals surface area contributed by atoms with Gasteiger partial charge in [-0.2, -0.15) is 0 Å². The molecule has 6 heteroatoms. The first kappa shape index (κ1) is 11.9. The Labute approximate surface area is 103 Å². The van der Waals surface area contributed by atoms with Gasteiger partial charge in [0.2, 0.25) is 11.8 Å². The van der Waals surface area contributed by atoms with Crippen molar-refractivity contribution in [2.24, 2.45) is 11.5 Å². The van der Waals surface area contributed by atoms with Crippen molar-refractivity contribution in [3.63, 3.8) is 0 Å². The SMILES string of the molecule is CC1Sc2ccc(C(N)C(N)=O)cc2NC1=O. The number of hydrogen-bond donors (Lipinski definition) is 3. The van der Waals surface area contributed by atoms with Crippen molar-refractivity contribution in [1.82, 2.24) is 0 Å². The van der Waals surface area contributed by atoms with Crippen LogP contribution in [0.3, 0.4) is 0 Å². The fourth-order valence-corrected chi connectivity index (χ4v) is 2.51. The van der Waals surface area contributed by atoms with E-state index in [4.69, 9.17) is 11.5 Å². The largest absolute Gasteiger partial charge is 0.368 e. The number of hydrogen-bond acceptors (Lipinski definition) is 4. The topological polar surface area (TPSA) is 98.2 Å². The lowest BCUT2D eigenvalue weighted by atomic mass is 10.1. The van der Waals surface area contributed by atoms with Gasteiger partial charge in [0.25, 0.3) is 0 Å². The smallest absolute Gasteiger partial charge is 0.238 e. The van der Waals surface area contributed by atoms with Crippen molar-refractivity contribution in [2.45, 2.75) is 23.1 Å². The molecule has 1 aromatic rings. The van der Waals surface area contributed by atoms with Crippen LogP contribution >= 0.6 is 11.8 Å². The molecular formula is C11H13N3O2S. The van der Waals surface area contributed by atoms with Crippen molar-refractivity contribution in [3.05, 3.63) is 23.8 Å². The van der Waals surface area contributed by atoms with Gasteiger partial charge in [0.15, 0.2) is 0 Å². The number of carbonyl (C=O) groups is 2. The van der Waals surface area contributed by atoms with Crippen LogP contribution in [-0.2, 0) is 9.59 Å². The summed E-state index contributed by atoms with van der Waals surface area (Å²) in [5.74, 6) is -0.639. The first-order chi connectivity index (χ1) is 7.99. The van der Waals surface area contributed by atoms with Gasteiger partial charge in [0, 0.05) is 4.90 Å². The highest BCUT2D eigenvalue weighted by Crippen LogP contribution is 2.36. The van der Waals surface area contributed by atoms with E-state index in [0.29, 0.717) is 11.3 Å². The Morgan fingerprint density at radius 1 is 1.53 bits per heavy atom. The van der Waals surface area contributed by atoms with E-state index in [1.165, 1.54) is 11.8 Å². The Kier molecular flexibility index (Phi) is 3.08. The van der Waals surface area contributed by atoms with Gasteiger partial charge in [-0.15, -0.1) is 11.8 Å². The predicted octanol–water partition coefficient (Wildman–Crippen LogP) is 0.604. The van der Waals surface area contributed by atoms with Crippen LogP contribution in [0.5, 0.6) is 0 Å². The molecule has 0 bridgehead atoms. The van der Waals surface area contributed by atoms with Crippen molar-refractivity contribution in [1.29, 1.82) is 0 Å². The zero-order valence-electron chi connectivity index (χ0n) is 9.27. The first-order valence-electron chi connectivity index (χ1n) is 5.15. The van der Waals surface area contributed by atoms with Gasteiger partial charge in [-0.25, -0.2) is 0 Å². The molecule has 5 nitrogen and oxygen atoms in total. The maximum absolute atomic E-state index is 11.5. The Balaban J connectivity index is 2.35. The van der Waals surface area contributed by atoms with Gasteiger partial charge < -0.3 is 16.8 Å². The normalized spacial score (nSPS) is 20.4. The fraction of sp³-hybridized carbons (Fsp3) is 0.273. The molecule has 0 aliphatic carbocycles. The lowest BCUT2D eigenvalue weighted by molar-refractivity contribution is -0.119. The van der Waals surface area contributed by atoms with Gasteiger partial charge in [-0.1, -0.05) is 6.07 Å². The molecule has 0 fully saturated rings. The third-order valence-electron chi connectivity index (χ3n) is 2.60. The van der Waals surface area contributed by atoms with Gasteiger partial charge in [-0.05, 0) is 24.6 Å². The summed E-state index contributed by atoms with van der Waals surface area (Å²) >= 11 is 1.48. The molecule has 0 saturated heterocycles. The van der Waals surface area contributed by atoms with Crippen LogP contribution in [0, 0.1) is 0 Å². The molecular weight excluding hydrogens is 238 g/mol. The molecule has 0 saturated carbocycles. The number of fused-ring (bicyclic) bond motifs is 1. The van der Waals surface area contributed by atoms with Crippen molar-refractivity contribution in [3.8, 4) is 0 Å². The molecule has 17 heavy (non-hydrogen) atoms. The molecule has 0 aromatic heterocycles. The van der Waals surface area contributed by atoms with E-state index >= 15 is 0 Å². The second kappa shape index (κ2) is 4.38. The van der Waals surface area contributed by atoms with Crippen LogP contribution in [0.4, 0.5) is 5.69 Å². The summed E-state index contributed by atoms with van der Waals surface area (Å²) in [7, 11) is 0. The number of anilines is 1. The summed E-state index contributed by atoms with van der Waals surface area (Å²) in [6, 6.07) is 4.45.